The fourth-order valence-electron chi connectivity index (χ4n) is 2.58. The van der Waals surface area contributed by atoms with Crippen molar-refractivity contribution in [1.29, 1.82) is 0 Å². The van der Waals surface area contributed by atoms with Gasteiger partial charge in [-0.2, -0.15) is 0 Å². The number of benzene rings is 3. The summed E-state index contributed by atoms with van der Waals surface area (Å²) in [4.78, 5) is 25.7. The van der Waals surface area contributed by atoms with Crippen LogP contribution in [-0.4, -0.2) is 17.1 Å². The summed E-state index contributed by atoms with van der Waals surface area (Å²) in [5.74, 6) is -0.220. The number of hydrogen-bond donors (Lipinski definition) is 2. The molecule has 2 N–H and O–H groups in total. The summed E-state index contributed by atoms with van der Waals surface area (Å²) in [6, 6.07) is 24.3. The van der Waals surface area contributed by atoms with Gasteiger partial charge in [0.15, 0.2) is 0 Å². The van der Waals surface area contributed by atoms with Gasteiger partial charge in [0.25, 0.3) is 5.91 Å². The minimum atomic E-state index is -0.275. The van der Waals surface area contributed by atoms with E-state index in [1.165, 1.54) is 11.8 Å². The topological polar surface area (TPSA) is 58.2 Å². The number of rotatable bonds is 6. The molecule has 5 heteroatoms. The fourth-order valence-corrected chi connectivity index (χ4v) is 3.50. The summed E-state index contributed by atoms with van der Waals surface area (Å²) in [6.45, 7) is 3.85. The number of anilines is 2. The Balaban J connectivity index is 1.61. The lowest BCUT2D eigenvalue weighted by Gasteiger charge is -2.13. The molecular formula is C23H22N2O2S. The van der Waals surface area contributed by atoms with Gasteiger partial charge in [-0.25, -0.2) is 0 Å². The summed E-state index contributed by atoms with van der Waals surface area (Å²) in [5.41, 5.74) is 3.20. The maximum absolute atomic E-state index is 12.4. The maximum atomic E-state index is 12.4. The molecule has 4 nitrogen and oxygen atoms in total. The Morgan fingerprint density at radius 1 is 0.821 bits per heavy atom. The van der Waals surface area contributed by atoms with Crippen LogP contribution in [-0.2, 0) is 4.79 Å². The summed E-state index contributed by atoms with van der Waals surface area (Å²) >= 11 is 1.45. The van der Waals surface area contributed by atoms with Gasteiger partial charge in [0, 0.05) is 21.8 Å². The van der Waals surface area contributed by atoms with Crippen molar-refractivity contribution >= 4 is 35.0 Å². The summed E-state index contributed by atoms with van der Waals surface area (Å²) in [5, 5.41) is 5.54. The first-order valence-electron chi connectivity index (χ1n) is 9.02. The number of carbonyl (C=O) groups excluding carboxylic acids is 2. The highest BCUT2D eigenvalue weighted by Gasteiger charge is 2.15. The third kappa shape index (κ3) is 5.47. The van der Waals surface area contributed by atoms with Crippen molar-refractivity contribution in [1.82, 2.24) is 0 Å². The smallest absolute Gasteiger partial charge is 0.255 e. The molecule has 3 rings (SSSR count). The Morgan fingerprint density at radius 2 is 1.50 bits per heavy atom. The number of amides is 2. The van der Waals surface area contributed by atoms with Gasteiger partial charge in [-0.15, -0.1) is 11.8 Å². The number of hydrogen-bond acceptors (Lipinski definition) is 3. The van der Waals surface area contributed by atoms with Gasteiger partial charge >= 0.3 is 0 Å². The van der Waals surface area contributed by atoms with Crippen LogP contribution in [0, 0.1) is 6.92 Å². The molecule has 0 aliphatic carbocycles. The van der Waals surface area contributed by atoms with E-state index in [9.17, 15) is 9.59 Å². The van der Waals surface area contributed by atoms with Crippen LogP contribution in [0.15, 0.2) is 83.8 Å². The van der Waals surface area contributed by atoms with E-state index in [2.05, 4.69) is 10.6 Å². The highest BCUT2D eigenvalue weighted by atomic mass is 32.2. The first kappa shape index (κ1) is 19.7. The Bertz CT molecular complexity index is 956. The minimum absolute atomic E-state index is 0.0645. The van der Waals surface area contributed by atoms with Crippen molar-refractivity contribution in [2.75, 3.05) is 10.6 Å². The van der Waals surface area contributed by atoms with Crippen LogP contribution in [0.1, 0.15) is 22.8 Å². The molecule has 0 saturated carbocycles. The predicted molar refractivity (Wildman–Crippen MR) is 116 cm³/mol. The van der Waals surface area contributed by atoms with E-state index in [0.29, 0.717) is 11.3 Å². The molecule has 0 fully saturated rings. The molecule has 3 aromatic carbocycles. The average Bonchev–Trinajstić information content (AvgIpc) is 2.69. The molecule has 0 saturated heterocycles. The molecule has 142 valence electrons. The molecule has 0 heterocycles. The van der Waals surface area contributed by atoms with Gasteiger partial charge in [-0.1, -0.05) is 42.0 Å². The van der Waals surface area contributed by atoms with Gasteiger partial charge in [0.1, 0.15) is 0 Å². The van der Waals surface area contributed by atoms with Crippen molar-refractivity contribution < 1.29 is 9.59 Å². The molecule has 1 unspecified atom stereocenters. The number of carbonyl (C=O) groups is 2. The standard InChI is InChI=1S/C23H22N2O2S/c1-16-11-13-18(14-12-16)23(27)25-20-9-6-10-21(15-20)28-17(2)22(26)24-19-7-4-3-5-8-19/h3-15,17H,1-2H3,(H,24,26)(H,25,27). The van der Waals surface area contributed by atoms with Crippen LogP contribution >= 0.6 is 11.8 Å². The molecular weight excluding hydrogens is 368 g/mol. The van der Waals surface area contributed by atoms with Crippen molar-refractivity contribution in [3.8, 4) is 0 Å². The SMILES string of the molecule is Cc1ccc(C(=O)Nc2cccc(SC(C)C(=O)Nc3ccccc3)c2)cc1. The van der Waals surface area contributed by atoms with Gasteiger partial charge < -0.3 is 10.6 Å². The summed E-state index contributed by atoms with van der Waals surface area (Å²) < 4.78 is 0. The largest absolute Gasteiger partial charge is 0.325 e. The van der Waals surface area contributed by atoms with Crippen LogP contribution in [0.2, 0.25) is 0 Å². The van der Waals surface area contributed by atoms with E-state index >= 15 is 0 Å². The normalized spacial score (nSPS) is 11.5. The number of nitrogens with one attached hydrogen (secondary N) is 2. The zero-order chi connectivity index (χ0) is 19.9. The van der Waals surface area contributed by atoms with E-state index in [0.717, 1.165) is 16.1 Å². The summed E-state index contributed by atoms with van der Waals surface area (Å²) in [7, 11) is 0. The Morgan fingerprint density at radius 3 is 2.21 bits per heavy atom. The molecule has 2 amide bonds. The molecule has 3 aromatic rings. The molecule has 28 heavy (non-hydrogen) atoms. The number of para-hydroxylation sites is 1. The fraction of sp³-hybridized carbons (Fsp3) is 0.130. The van der Waals surface area contributed by atoms with Gasteiger partial charge in [-0.3, -0.25) is 9.59 Å². The molecule has 0 aliphatic rings. The van der Waals surface area contributed by atoms with Crippen LogP contribution in [0.3, 0.4) is 0 Å². The molecule has 1 atom stereocenters. The number of thioether (sulfide) groups is 1. The quantitative estimate of drug-likeness (QED) is 0.557. The molecule has 0 aliphatic heterocycles. The van der Waals surface area contributed by atoms with Crippen LogP contribution in [0.5, 0.6) is 0 Å². The minimum Gasteiger partial charge on any atom is -0.325 e. The molecule has 0 aromatic heterocycles. The second-order valence-corrected chi connectivity index (χ2v) is 7.88. The molecule has 0 radical (unpaired) electrons. The molecule has 0 spiro atoms. The second-order valence-electron chi connectivity index (χ2n) is 6.46. The Kier molecular flexibility index (Phi) is 6.50. The third-order valence-corrected chi connectivity index (χ3v) is 5.22. The average molecular weight is 391 g/mol. The third-order valence-electron chi connectivity index (χ3n) is 4.13. The lowest BCUT2D eigenvalue weighted by Crippen LogP contribution is -2.22. The van der Waals surface area contributed by atoms with Gasteiger partial charge in [-0.05, 0) is 56.3 Å². The van der Waals surface area contributed by atoms with Crippen LogP contribution in [0.25, 0.3) is 0 Å². The van der Waals surface area contributed by atoms with E-state index in [-0.39, 0.29) is 17.1 Å². The van der Waals surface area contributed by atoms with Crippen molar-refractivity contribution in [3.63, 3.8) is 0 Å². The second kappa shape index (κ2) is 9.24. The summed E-state index contributed by atoms with van der Waals surface area (Å²) in [6.07, 6.45) is 0. The van der Waals surface area contributed by atoms with E-state index in [1.54, 1.807) is 12.1 Å². The highest BCUT2D eigenvalue weighted by Crippen LogP contribution is 2.27. The van der Waals surface area contributed by atoms with Crippen molar-refractivity contribution in [2.45, 2.75) is 24.0 Å². The first-order valence-corrected chi connectivity index (χ1v) is 9.90. The Hall–Kier alpha value is -3.05. The Labute approximate surface area is 169 Å². The van der Waals surface area contributed by atoms with E-state index in [1.807, 2.05) is 80.6 Å². The highest BCUT2D eigenvalue weighted by molar-refractivity contribution is 8.00. The predicted octanol–water partition coefficient (Wildman–Crippen LogP) is 5.37. The van der Waals surface area contributed by atoms with Crippen molar-refractivity contribution in [2.24, 2.45) is 0 Å². The maximum Gasteiger partial charge on any atom is 0.255 e. The monoisotopic (exact) mass is 390 g/mol. The van der Waals surface area contributed by atoms with Gasteiger partial charge in [0.2, 0.25) is 5.91 Å². The zero-order valence-electron chi connectivity index (χ0n) is 15.8. The van der Waals surface area contributed by atoms with E-state index < -0.39 is 0 Å². The molecule has 0 bridgehead atoms. The lowest BCUT2D eigenvalue weighted by atomic mass is 10.1. The first-order chi connectivity index (χ1) is 13.5. The lowest BCUT2D eigenvalue weighted by molar-refractivity contribution is -0.115. The van der Waals surface area contributed by atoms with Crippen molar-refractivity contribution in [3.05, 3.63) is 90.0 Å². The van der Waals surface area contributed by atoms with E-state index in [4.69, 9.17) is 0 Å². The van der Waals surface area contributed by atoms with Crippen LogP contribution in [0.4, 0.5) is 11.4 Å². The van der Waals surface area contributed by atoms with Crippen LogP contribution < -0.4 is 10.6 Å². The number of aryl methyl sites for hydroxylation is 1. The van der Waals surface area contributed by atoms with Gasteiger partial charge in [0.05, 0.1) is 5.25 Å². The zero-order valence-corrected chi connectivity index (χ0v) is 16.6.